The van der Waals surface area contributed by atoms with Gasteiger partial charge in [-0.15, -0.1) is 0 Å². The van der Waals surface area contributed by atoms with Crippen LogP contribution in [0.2, 0.25) is 0 Å². The van der Waals surface area contributed by atoms with Crippen molar-refractivity contribution in [2.75, 3.05) is 13.7 Å². The SMILES string of the molecule is CCCCC(=O)OC(C)O/C(=C(/C#N)c1ccc(C(C)(C)C)cc1)c1c(C)c(C)nn1C.COCC(=O)OC(C)O/C(=C(/C#N)c1ccc(C(C)(C)C)cc1)c1c(C)c(C)nn1C.Cc1nn(C)c(/C(OC(C)OC(=O)C(C)(C)C)=C(\C#N)c2ccc(C(C)(C)C)cc2)c1C.Cc1nn(C)c(/C(OC(C)OC(=O)CC(C)C)=C(\C#N)c2ccc(C(C)(C)C)cc2)c1C. The van der Waals surface area contributed by atoms with Crippen LogP contribution in [0.4, 0.5) is 0 Å². The summed E-state index contributed by atoms with van der Waals surface area (Å²) in [6, 6.07) is 40.7. The maximum absolute atomic E-state index is 12.4. The molecular formula is C102H136N12O13. The van der Waals surface area contributed by atoms with Gasteiger partial charge in [-0.1, -0.05) is 207 Å². The standard InChI is InChI=1S/3C26H35N3O3.C24H31N3O4/c1-16-17(2)28-29(10)22(16)23(31-18(3)32-24(30)26(7,8)9)21(15-27)19-11-13-20(14-12-19)25(4,5)6;1-16(2)14-23(30)31-19(5)32-25(24-17(3)18(4)28-29(24)9)22(15-27)20-10-12-21(13-11-20)26(6,7)8;1-9-10-11-23(30)31-19(4)32-25(24-17(2)18(3)28-29(24)8)22(16-27)20-12-14-21(15-13-20)26(5,6)7;1-15-16(2)26-27(7)22(15)23(31-17(3)30-21(28)14-29-8)20(13-25)18-9-11-19(12-10-18)24(4,5)6/h11-14,18H,1-10H3;10-13,16,19H,14H2,1-9H3;12-15,19H,9-11H2,1-8H3;9-12,17H,14H2,1-8H3/b23-21-;2*25-22-;23-20-. The molecule has 0 fully saturated rings. The quantitative estimate of drug-likeness (QED) is 0.0152. The molecule has 25 heteroatoms. The number of benzene rings is 4. The van der Waals surface area contributed by atoms with Crippen LogP contribution >= 0.6 is 0 Å². The summed E-state index contributed by atoms with van der Waals surface area (Å²) in [7, 11) is 8.63. The van der Waals surface area contributed by atoms with Gasteiger partial charge in [-0.25, -0.2) is 4.79 Å². The van der Waals surface area contributed by atoms with Crippen LogP contribution in [0.5, 0.6) is 0 Å². The van der Waals surface area contributed by atoms with Crippen molar-refractivity contribution in [3.05, 3.63) is 209 Å². The molecule has 4 aromatic carbocycles. The predicted octanol–water partition coefficient (Wildman–Crippen LogP) is 21.5. The van der Waals surface area contributed by atoms with Gasteiger partial charge in [-0.05, 0) is 155 Å². The number of aryl methyl sites for hydroxylation is 8. The third-order valence-corrected chi connectivity index (χ3v) is 20.9. The van der Waals surface area contributed by atoms with Gasteiger partial charge in [0, 0.05) is 98.1 Å². The Morgan fingerprint density at radius 1 is 0.354 bits per heavy atom. The summed E-state index contributed by atoms with van der Waals surface area (Å²) in [4.78, 5) is 48.5. The number of hydrogen-bond acceptors (Lipinski definition) is 21. The van der Waals surface area contributed by atoms with E-state index in [-0.39, 0.29) is 52.1 Å². The first-order valence-corrected chi connectivity index (χ1v) is 43.0. The van der Waals surface area contributed by atoms with Crippen LogP contribution in [0.25, 0.3) is 45.3 Å². The molecule has 4 unspecified atom stereocenters. The molecule has 25 nitrogen and oxygen atoms in total. The van der Waals surface area contributed by atoms with E-state index in [0.29, 0.717) is 86.5 Å². The van der Waals surface area contributed by atoms with Crippen molar-refractivity contribution >= 4 is 69.2 Å². The van der Waals surface area contributed by atoms with E-state index in [0.717, 1.165) is 80.1 Å². The Balaban J connectivity index is 0.000000300. The summed E-state index contributed by atoms with van der Waals surface area (Å²) in [6.45, 7) is 58.7. The number of carbonyl (C=O) groups excluding carboxylic acids is 4. The highest BCUT2D eigenvalue weighted by molar-refractivity contribution is 5.98. The van der Waals surface area contributed by atoms with Gasteiger partial charge in [0.2, 0.25) is 25.2 Å². The number of aromatic nitrogens is 8. The molecule has 0 amide bonds. The summed E-state index contributed by atoms with van der Waals surface area (Å²) in [5, 5.41) is 58.3. The number of hydrogen-bond donors (Lipinski definition) is 0. The van der Waals surface area contributed by atoms with Crippen LogP contribution < -0.4 is 0 Å². The monoisotopic (exact) mass is 1740 g/mol. The lowest BCUT2D eigenvalue weighted by Gasteiger charge is -2.24. The van der Waals surface area contributed by atoms with E-state index in [2.05, 4.69) is 128 Å². The fourth-order valence-corrected chi connectivity index (χ4v) is 13.3. The average Bonchev–Trinajstić information content (AvgIpc) is 1.71. The second-order valence-electron chi connectivity index (χ2n) is 37.3. The van der Waals surface area contributed by atoms with Crippen LogP contribution in [0.1, 0.15) is 290 Å². The smallest absolute Gasteiger partial charge is 0.335 e. The van der Waals surface area contributed by atoms with Crippen LogP contribution in [-0.2, 0) is 112 Å². The molecular weight excluding hydrogens is 1600 g/mol. The lowest BCUT2D eigenvalue weighted by atomic mass is 9.86. The van der Waals surface area contributed by atoms with Crippen molar-refractivity contribution in [2.45, 2.75) is 280 Å². The number of carbonyl (C=O) groups is 4. The van der Waals surface area contributed by atoms with E-state index in [9.17, 15) is 40.2 Å². The molecule has 4 aromatic heterocycles. The fourth-order valence-electron chi connectivity index (χ4n) is 13.3. The number of nitriles is 4. The van der Waals surface area contributed by atoms with Gasteiger partial charge in [0.1, 0.15) is 76.0 Å². The minimum Gasteiger partial charge on any atom is -0.451 e. The summed E-state index contributed by atoms with van der Waals surface area (Å²) in [5.41, 5.74) is 18.0. The maximum atomic E-state index is 12.4. The molecule has 8 rings (SSSR count). The maximum Gasteiger partial charge on any atom is 0.335 e. The summed E-state index contributed by atoms with van der Waals surface area (Å²) >= 11 is 0. The van der Waals surface area contributed by atoms with E-state index in [4.69, 9.17) is 42.6 Å². The highest BCUT2D eigenvalue weighted by atomic mass is 16.7. The summed E-state index contributed by atoms with van der Waals surface area (Å²) in [6.07, 6.45) is -1.20. The molecule has 0 bridgehead atoms. The molecule has 8 aromatic rings. The Morgan fingerprint density at radius 2 is 0.583 bits per heavy atom. The third kappa shape index (κ3) is 29.1. The zero-order valence-electron chi connectivity index (χ0n) is 81.8. The predicted molar refractivity (Wildman–Crippen MR) is 498 cm³/mol. The Kier molecular flexibility index (Phi) is 37.5. The van der Waals surface area contributed by atoms with Gasteiger partial charge in [-0.3, -0.25) is 33.1 Å². The van der Waals surface area contributed by atoms with Crippen molar-refractivity contribution in [3.8, 4) is 24.3 Å². The second-order valence-corrected chi connectivity index (χ2v) is 37.3. The summed E-state index contributed by atoms with van der Waals surface area (Å²) < 4.78 is 57.7. The first-order chi connectivity index (χ1) is 59.0. The Bertz CT molecular complexity index is 5470. The minimum absolute atomic E-state index is 0.000208. The highest BCUT2D eigenvalue weighted by Crippen LogP contribution is 2.39. The largest absolute Gasteiger partial charge is 0.451 e. The van der Waals surface area contributed by atoms with Gasteiger partial charge in [0.15, 0.2) is 23.0 Å². The summed E-state index contributed by atoms with van der Waals surface area (Å²) in [5.74, 6) is -0.0512. The zero-order valence-corrected chi connectivity index (χ0v) is 81.8. The lowest BCUT2D eigenvalue weighted by Crippen LogP contribution is -2.28. The van der Waals surface area contributed by atoms with E-state index in [1.165, 1.54) is 23.8 Å². The molecule has 0 saturated carbocycles. The molecule has 4 atom stereocenters. The Hall–Kier alpha value is -12.3. The zero-order chi connectivity index (χ0) is 96.0. The molecule has 0 spiro atoms. The molecule has 0 N–H and O–H groups in total. The molecule has 0 saturated heterocycles. The number of methoxy groups -OCH3 is 1. The number of unbranched alkanes of at least 4 members (excludes halogenated alkanes) is 1. The van der Waals surface area contributed by atoms with Crippen molar-refractivity contribution in [1.29, 1.82) is 21.0 Å². The van der Waals surface area contributed by atoms with Gasteiger partial charge >= 0.3 is 23.9 Å². The average molecular weight is 1740 g/mol. The lowest BCUT2D eigenvalue weighted by molar-refractivity contribution is -0.174. The second kappa shape index (κ2) is 45.2. The van der Waals surface area contributed by atoms with Crippen LogP contribution in [0, 0.1) is 112 Å². The van der Waals surface area contributed by atoms with Crippen LogP contribution in [-0.4, -0.2) is 102 Å². The van der Waals surface area contributed by atoms with Crippen molar-refractivity contribution < 1.29 is 61.8 Å². The highest BCUT2D eigenvalue weighted by Gasteiger charge is 2.33. The van der Waals surface area contributed by atoms with Gasteiger partial charge in [0.05, 0.1) is 28.2 Å². The van der Waals surface area contributed by atoms with E-state index >= 15 is 0 Å². The molecule has 0 aliphatic rings. The Morgan fingerprint density at radius 3 is 0.772 bits per heavy atom. The van der Waals surface area contributed by atoms with E-state index in [1.807, 2.05) is 194 Å². The molecule has 0 radical (unpaired) electrons. The fraction of sp³-hybridized carbons (Fsp3) is 0.490. The van der Waals surface area contributed by atoms with E-state index in [1.54, 1.807) is 74.2 Å². The van der Waals surface area contributed by atoms with E-state index < -0.39 is 36.5 Å². The van der Waals surface area contributed by atoms with Crippen LogP contribution in [0.15, 0.2) is 97.1 Å². The van der Waals surface area contributed by atoms with Crippen molar-refractivity contribution in [2.24, 2.45) is 39.5 Å². The number of nitrogens with zero attached hydrogens (tertiary/aromatic N) is 12. The number of ether oxygens (including phenoxy) is 9. The van der Waals surface area contributed by atoms with Crippen molar-refractivity contribution in [3.63, 3.8) is 0 Å². The molecule has 682 valence electrons. The first-order valence-electron chi connectivity index (χ1n) is 43.0. The third-order valence-electron chi connectivity index (χ3n) is 20.9. The van der Waals surface area contributed by atoms with Crippen molar-refractivity contribution in [1.82, 2.24) is 39.1 Å². The molecule has 0 aliphatic heterocycles. The number of allylic oxidation sites excluding steroid dienone is 4. The van der Waals surface area contributed by atoms with Gasteiger partial charge < -0.3 is 42.6 Å². The first kappa shape index (κ1) is 105. The number of rotatable bonds is 27. The Labute approximate surface area is 754 Å². The van der Waals surface area contributed by atoms with Crippen LogP contribution in [0.3, 0.4) is 0 Å². The normalized spacial score (nSPS) is 13.4. The molecule has 0 aliphatic carbocycles. The topological polar surface area (TPSA) is 318 Å². The molecule has 127 heavy (non-hydrogen) atoms. The minimum atomic E-state index is -0.926. The number of esters is 4. The van der Waals surface area contributed by atoms with Gasteiger partial charge in [0.25, 0.3) is 0 Å². The molecule has 4 heterocycles. The van der Waals surface area contributed by atoms with Gasteiger partial charge in [-0.2, -0.15) is 41.4 Å².